The highest BCUT2D eigenvalue weighted by Gasteiger charge is 2.11. The minimum atomic E-state index is 0.742. The molecule has 0 saturated carbocycles. The van der Waals surface area contributed by atoms with Gasteiger partial charge in [0, 0.05) is 26.9 Å². The summed E-state index contributed by atoms with van der Waals surface area (Å²) in [5.41, 5.74) is 8.27. The largest absolute Gasteiger partial charge is 0.241 e. The van der Waals surface area contributed by atoms with Crippen LogP contribution in [0.5, 0.6) is 0 Å². The minimum absolute atomic E-state index is 0.742. The van der Waals surface area contributed by atoms with Crippen molar-refractivity contribution in [2.24, 2.45) is 0 Å². The first-order valence-corrected chi connectivity index (χ1v) is 10.9. The molecule has 27 heavy (non-hydrogen) atoms. The monoisotopic (exact) mass is 410 g/mol. The van der Waals surface area contributed by atoms with Gasteiger partial charge in [0.25, 0.3) is 0 Å². The molecular weight excluding hydrogens is 392 g/mol. The third-order valence-corrected chi connectivity index (χ3v) is 6.61. The van der Waals surface area contributed by atoms with Crippen LogP contribution in [0.15, 0.2) is 47.2 Å². The van der Waals surface area contributed by atoms with E-state index in [9.17, 15) is 0 Å². The number of nitrogens with zero attached hydrogens (tertiary/aromatic N) is 2. The molecule has 0 unspecified atom stereocenters. The zero-order valence-corrected chi connectivity index (χ0v) is 17.8. The first kappa shape index (κ1) is 18.4. The maximum Gasteiger partial charge on any atom is 0.100 e. The van der Waals surface area contributed by atoms with E-state index in [4.69, 9.17) is 21.6 Å². The first-order chi connectivity index (χ1) is 13.0. The smallest absolute Gasteiger partial charge is 0.100 e. The molecule has 0 aliphatic heterocycles. The van der Waals surface area contributed by atoms with Gasteiger partial charge in [-0.1, -0.05) is 29.8 Å². The fraction of sp³-hybridized carbons (Fsp3) is 0.182. The van der Waals surface area contributed by atoms with E-state index in [-0.39, 0.29) is 0 Å². The Hall–Kier alpha value is -2.01. The molecule has 0 atom stereocenters. The lowest BCUT2D eigenvalue weighted by Gasteiger charge is -2.07. The average molecular weight is 411 g/mol. The Balaban J connectivity index is 1.55. The summed E-state index contributed by atoms with van der Waals surface area (Å²) in [6, 6.07) is 12.3. The number of hydrogen-bond donors (Lipinski definition) is 0. The van der Waals surface area contributed by atoms with E-state index >= 15 is 0 Å². The van der Waals surface area contributed by atoms with Gasteiger partial charge in [0.1, 0.15) is 10.0 Å². The van der Waals surface area contributed by atoms with Gasteiger partial charge in [0.05, 0.1) is 17.8 Å². The highest BCUT2D eigenvalue weighted by Crippen LogP contribution is 2.30. The molecule has 0 aliphatic rings. The van der Waals surface area contributed by atoms with Crippen molar-refractivity contribution in [1.82, 2.24) is 9.97 Å². The van der Waals surface area contributed by atoms with E-state index in [0.29, 0.717) is 0 Å². The minimum Gasteiger partial charge on any atom is -0.241 e. The van der Waals surface area contributed by atoms with Crippen molar-refractivity contribution in [2.45, 2.75) is 27.2 Å². The second-order valence-electron chi connectivity index (χ2n) is 6.69. The molecule has 0 N–H and O–H groups in total. The molecule has 0 saturated heterocycles. The fourth-order valence-corrected chi connectivity index (χ4v) is 4.85. The van der Waals surface area contributed by atoms with Crippen molar-refractivity contribution >= 4 is 34.3 Å². The summed E-state index contributed by atoms with van der Waals surface area (Å²) in [5.74, 6) is 0. The lowest BCUT2D eigenvalue weighted by atomic mass is 9.99. The normalized spacial score (nSPS) is 11.1. The van der Waals surface area contributed by atoms with Crippen molar-refractivity contribution < 1.29 is 0 Å². The highest BCUT2D eigenvalue weighted by molar-refractivity contribution is 7.11. The highest BCUT2D eigenvalue weighted by atomic mass is 35.5. The average Bonchev–Trinajstić information content (AvgIpc) is 3.29. The first-order valence-electron chi connectivity index (χ1n) is 8.72. The molecule has 4 aromatic rings. The number of hydrogen-bond acceptors (Lipinski definition) is 4. The van der Waals surface area contributed by atoms with E-state index in [2.05, 4.69) is 43.7 Å². The Morgan fingerprint density at radius 1 is 0.778 bits per heavy atom. The standard InChI is InChI=1S/C22H19ClN2S2/c1-13-8-15(3)18(9-14(13)2)20-12-27-22(25-20)10-21-24-19(11-26-21)16-4-6-17(23)7-5-16/h4-9,11-12H,10H2,1-3H3. The van der Waals surface area contributed by atoms with E-state index in [1.54, 1.807) is 22.7 Å². The summed E-state index contributed by atoms with van der Waals surface area (Å²) in [4.78, 5) is 9.64. The molecule has 0 aliphatic carbocycles. The van der Waals surface area contributed by atoms with Gasteiger partial charge in [-0.2, -0.15) is 0 Å². The zero-order chi connectivity index (χ0) is 19.0. The predicted molar refractivity (Wildman–Crippen MR) is 117 cm³/mol. The van der Waals surface area contributed by atoms with E-state index in [0.717, 1.165) is 38.4 Å². The molecule has 2 nitrogen and oxygen atoms in total. The predicted octanol–water partition coefficient (Wildman–Crippen LogP) is 7.10. The van der Waals surface area contributed by atoms with E-state index in [1.807, 2.05) is 24.3 Å². The van der Waals surface area contributed by atoms with Gasteiger partial charge >= 0.3 is 0 Å². The Kier molecular flexibility index (Phi) is 5.13. The van der Waals surface area contributed by atoms with E-state index < -0.39 is 0 Å². The van der Waals surface area contributed by atoms with Gasteiger partial charge in [-0.05, 0) is 55.7 Å². The lowest BCUT2D eigenvalue weighted by Crippen LogP contribution is -1.91. The SMILES string of the molecule is Cc1cc(C)c(-c2csc(Cc3nc(-c4ccc(Cl)cc4)cs3)n2)cc1C. The topological polar surface area (TPSA) is 25.8 Å². The second kappa shape index (κ2) is 7.55. The number of halogens is 1. The maximum atomic E-state index is 5.97. The van der Waals surface area contributed by atoms with Gasteiger partial charge in [0.15, 0.2) is 0 Å². The maximum absolute atomic E-state index is 5.97. The fourth-order valence-electron chi connectivity index (χ4n) is 3.03. The Bertz CT molecular complexity index is 1090. The Labute approximate surface area is 172 Å². The zero-order valence-electron chi connectivity index (χ0n) is 15.4. The van der Waals surface area contributed by atoms with E-state index in [1.165, 1.54) is 22.3 Å². The molecule has 4 rings (SSSR count). The van der Waals surface area contributed by atoms with Gasteiger partial charge in [-0.15, -0.1) is 22.7 Å². The Morgan fingerprint density at radius 3 is 2.07 bits per heavy atom. The van der Waals surface area contributed by atoms with Crippen LogP contribution in [0.3, 0.4) is 0 Å². The van der Waals surface area contributed by atoms with Gasteiger partial charge in [-0.25, -0.2) is 9.97 Å². The van der Waals surface area contributed by atoms with Crippen LogP contribution in [0, 0.1) is 20.8 Å². The summed E-state index contributed by atoms with van der Waals surface area (Å²) in [6.07, 6.45) is 0.771. The molecule has 136 valence electrons. The van der Waals surface area contributed by atoms with Crippen LogP contribution in [-0.2, 0) is 6.42 Å². The third kappa shape index (κ3) is 3.98. The number of rotatable bonds is 4. The van der Waals surface area contributed by atoms with Crippen LogP contribution in [0.4, 0.5) is 0 Å². The molecular formula is C22H19ClN2S2. The molecule has 0 radical (unpaired) electrons. The molecule has 5 heteroatoms. The number of aryl methyl sites for hydroxylation is 3. The van der Waals surface area contributed by atoms with Crippen LogP contribution in [0.2, 0.25) is 5.02 Å². The van der Waals surface area contributed by atoms with Crippen molar-refractivity contribution in [3.63, 3.8) is 0 Å². The summed E-state index contributed by atoms with van der Waals surface area (Å²) < 4.78 is 0. The van der Waals surface area contributed by atoms with Crippen LogP contribution in [-0.4, -0.2) is 9.97 Å². The van der Waals surface area contributed by atoms with Crippen LogP contribution in [0.1, 0.15) is 26.7 Å². The molecule has 0 bridgehead atoms. The summed E-state index contributed by atoms with van der Waals surface area (Å²) >= 11 is 9.35. The lowest BCUT2D eigenvalue weighted by molar-refractivity contribution is 1.10. The molecule has 2 aromatic heterocycles. The number of aromatic nitrogens is 2. The van der Waals surface area contributed by atoms with Gasteiger partial charge < -0.3 is 0 Å². The van der Waals surface area contributed by atoms with Crippen molar-refractivity contribution in [3.05, 3.63) is 78.9 Å². The molecule has 0 fully saturated rings. The number of benzene rings is 2. The Morgan fingerprint density at radius 2 is 1.37 bits per heavy atom. The van der Waals surface area contributed by atoms with Crippen molar-refractivity contribution in [1.29, 1.82) is 0 Å². The molecule has 2 aromatic carbocycles. The van der Waals surface area contributed by atoms with Crippen LogP contribution in [0.25, 0.3) is 22.5 Å². The van der Waals surface area contributed by atoms with Crippen molar-refractivity contribution in [2.75, 3.05) is 0 Å². The second-order valence-corrected chi connectivity index (χ2v) is 9.01. The van der Waals surface area contributed by atoms with Crippen LogP contribution < -0.4 is 0 Å². The third-order valence-electron chi connectivity index (χ3n) is 4.66. The van der Waals surface area contributed by atoms with Crippen LogP contribution >= 0.6 is 34.3 Å². The molecule has 2 heterocycles. The summed E-state index contributed by atoms with van der Waals surface area (Å²) in [6.45, 7) is 6.46. The summed E-state index contributed by atoms with van der Waals surface area (Å²) in [7, 11) is 0. The number of thiazole rings is 2. The summed E-state index contributed by atoms with van der Waals surface area (Å²) in [5, 5.41) is 7.17. The van der Waals surface area contributed by atoms with Gasteiger partial charge in [-0.3, -0.25) is 0 Å². The van der Waals surface area contributed by atoms with Gasteiger partial charge in [0.2, 0.25) is 0 Å². The molecule has 0 amide bonds. The quantitative estimate of drug-likeness (QED) is 0.358. The van der Waals surface area contributed by atoms with Crippen molar-refractivity contribution in [3.8, 4) is 22.5 Å². The molecule has 0 spiro atoms.